The molecular weight excluding hydrogens is 374 g/mol. The van der Waals surface area contributed by atoms with Crippen LogP contribution in [0.4, 0.5) is 0 Å². The minimum Gasteiger partial charge on any atom is -0.339 e. The fourth-order valence-electron chi connectivity index (χ4n) is 3.16. The van der Waals surface area contributed by atoms with E-state index >= 15 is 0 Å². The summed E-state index contributed by atoms with van der Waals surface area (Å²) in [6.45, 7) is 0.953. The Balaban J connectivity index is 1.46. The van der Waals surface area contributed by atoms with Gasteiger partial charge in [0.05, 0.1) is 6.33 Å². The van der Waals surface area contributed by atoms with Gasteiger partial charge in [0.15, 0.2) is 5.03 Å². The zero-order valence-electron chi connectivity index (χ0n) is 14.3. The molecule has 26 heavy (non-hydrogen) atoms. The molecule has 8 nitrogen and oxygen atoms in total. The molecular formula is C16H19N5O3S2. The minimum absolute atomic E-state index is 0.0955. The molecule has 0 bridgehead atoms. The molecule has 3 aromatic rings. The van der Waals surface area contributed by atoms with Gasteiger partial charge in [-0.1, -0.05) is 5.16 Å². The van der Waals surface area contributed by atoms with Crippen LogP contribution in [0, 0.1) is 5.92 Å². The van der Waals surface area contributed by atoms with E-state index < -0.39 is 10.0 Å². The summed E-state index contributed by atoms with van der Waals surface area (Å²) in [6, 6.07) is 1.95. The van der Waals surface area contributed by atoms with Crippen LogP contribution in [0.5, 0.6) is 0 Å². The van der Waals surface area contributed by atoms with Gasteiger partial charge in [-0.25, -0.2) is 13.4 Å². The number of sulfonamides is 1. The van der Waals surface area contributed by atoms with Gasteiger partial charge in [0.25, 0.3) is 10.0 Å². The molecule has 0 N–H and O–H groups in total. The van der Waals surface area contributed by atoms with Crippen LogP contribution in [0.1, 0.15) is 18.7 Å². The van der Waals surface area contributed by atoms with E-state index in [-0.39, 0.29) is 10.9 Å². The lowest BCUT2D eigenvalue weighted by Crippen LogP contribution is -2.40. The monoisotopic (exact) mass is 393 g/mol. The average molecular weight is 393 g/mol. The van der Waals surface area contributed by atoms with Gasteiger partial charge >= 0.3 is 0 Å². The standard InChI is InChI=1S/C16H19N5O3S2/c1-20-9-15(17-11-20)26(22,23)21-5-2-3-12(8-21)7-14-18-16(19-24-14)13-4-6-25-10-13/h4,6,9-12H,2-3,5,7-8H2,1H3. The maximum Gasteiger partial charge on any atom is 0.262 e. The third-order valence-corrected chi connectivity index (χ3v) is 6.91. The number of aryl methyl sites for hydroxylation is 1. The number of aromatic nitrogens is 4. The topological polar surface area (TPSA) is 94.1 Å². The van der Waals surface area contributed by atoms with E-state index in [1.807, 2.05) is 16.8 Å². The second-order valence-corrected chi connectivity index (χ2v) is 9.14. The fraction of sp³-hybridized carbons (Fsp3) is 0.438. The van der Waals surface area contributed by atoms with Crippen LogP contribution in [0.2, 0.25) is 0 Å². The van der Waals surface area contributed by atoms with Gasteiger partial charge in [-0.05, 0) is 30.2 Å². The zero-order valence-corrected chi connectivity index (χ0v) is 15.9. The zero-order chi connectivity index (χ0) is 18.1. The SMILES string of the molecule is Cn1cnc(S(=O)(=O)N2CCCC(Cc3nc(-c4ccsc4)no3)C2)c1. The van der Waals surface area contributed by atoms with E-state index in [9.17, 15) is 8.42 Å². The minimum atomic E-state index is -3.56. The summed E-state index contributed by atoms with van der Waals surface area (Å²) < 4.78 is 34.0. The molecule has 4 heterocycles. The van der Waals surface area contributed by atoms with Crippen LogP contribution in [-0.4, -0.2) is 45.5 Å². The number of rotatable bonds is 5. The summed E-state index contributed by atoms with van der Waals surface area (Å²) in [4.78, 5) is 8.44. The molecule has 4 rings (SSSR count). The van der Waals surface area contributed by atoms with E-state index in [1.54, 1.807) is 23.0 Å². The molecule has 1 aliphatic heterocycles. The average Bonchev–Trinajstić information content (AvgIpc) is 3.36. The molecule has 1 saturated heterocycles. The Labute approximate surface area is 155 Å². The first kappa shape index (κ1) is 17.4. The molecule has 138 valence electrons. The third kappa shape index (κ3) is 3.44. The Morgan fingerprint density at radius 3 is 3.04 bits per heavy atom. The molecule has 3 aromatic heterocycles. The summed E-state index contributed by atoms with van der Waals surface area (Å²) in [5, 5.41) is 8.05. The number of thiophene rings is 1. The molecule has 0 aliphatic carbocycles. The van der Waals surface area contributed by atoms with Gasteiger partial charge in [0.1, 0.15) is 0 Å². The van der Waals surface area contributed by atoms with E-state index in [0.717, 1.165) is 18.4 Å². The van der Waals surface area contributed by atoms with E-state index in [0.29, 0.717) is 31.2 Å². The van der Waals surface area contributed by atoms with Gasteiger partial charge in [-0.3, -0.25) is 0 Å². The highest BCUT2D eigenvalue weighted by atomic mass is 32.2. The molecule has 0 amide bonds. The second-order valence-electron chi connectivity index (χ2n) is 6.48. The highest BCUT2D eigenvalue weighted by molar-refractivity contribution is 7.89. The van der Waals surface area contributed by atoms with Crippen LogP contribution in [0.3, 0.4) is 0 Å². The maximum absolute atomic E-state index is 12.8. The molecule has 10 heteroatoms. The Hall–Kier alpha value is -2.04. The number of nitrogens with zero attached hydrogens (tertiary/aromatic N) is 5. The fourth-order valence-corrected chi connectivity index (χ4v) is 5.32. The Morgan fingerprint density at radius 1 is 1.42 bits per heavy atom. The summed E-state index contributed by atoms with van der Waals surface area (Å²) >= 11 is 1.58. The van der Waals surface area contributed by atoms with Crippen molar-refractivity contribution < 1.29 is 12.9 Å². The molecule has 0 saturated carbocycles. The van der Waals surface area contributed by atoms with Crippen LogP contribution in [0.25, 0.3) is 11.4 Å². The maximum atomic E-state index is 12.8. The summed E-state index contributed by atoms with van der Waals surface area (Å²) in [5.74, 6) is 1.28. The Bertz CT molecular complexity index is 977. The second kappa shape index (κ2) is 6.93. The molecule has 0 aromatic carbocycles. The highest BCUT2D eigenvalue weighted by Gasteiger charge is 2.32. The lowest BCUT2D eigenvalue weighted by molar-refractivity contribution is 0.246. The Morgan fingerprint density at radius 2 is 2.31 bits per heavy atom. The van der Waals surface area contributed by atoms with Gasteiger partial charge in [0, 0.05) is 43.7 Å². The van der Waals surface area contributed by atoms with Gasteiger partial charge in [-0.15, -0.1) is 0 Å². The predicted octanol–water partition coefficient (Wildman–Crippen LogP) is 2.17. The van der Waals surface area contributed by atoms with Crippen molar-refractivity contribution >= 4 is 21.4 Å². The first-order valence-corrected chi connectivity index (χ1v) is 10.7. The first-order valence-electron chi connectivity index (χ1n) is 8.35. The largest absolute Gasteiger partial charge is 0.339 e. The summed E-state index contributed by atoms with van der Waals surface area (Å²) in [6.07, 6.45) is 5.35. The van der Waals surface area contributed by atoms with E-state index in [4.69, 9.17) is 4.52 Å². The molecule has 0 radical (unpaired) electrons. The molecule has 0 spiro atoms. The number of hydrogen-bond acceptors (Lipinski definition) is 7. The molecule has 1 atom stereocenters. The number of hydrogen-bond donors (Lipinski definition) is 0. The smallest absolute Gasteiger partial charge is 0.262 e. The van der Waals surface area contributed by atoms with Gasteiger partial charge in [0.2, 0.25) is 11.7 Å². The van der Waals surface area contributed by atoms with Gasteiger partial charge < -0.3 is 9.09 Å². The lowest BCUT2D eigenvalue weighted by Gasteiger charge is -2.30. The molecule has 1 fully saturated rings. The third-order valence-electron chi connectivity index (χ3n) is 4.48. The van der Waals surface area contributed by atoms with Crippen molar-refractivity contribution in [2.45, 2.75) is 24.3 Å². The van der Waals surface area contributed by atoms with Crippen molar-refractivity contribution in [1.82, 2.24) is 24.0 Å². The lowest BCUT2D eigenvalue weighted by atomic mass is 9.96. The predicted molar refractivity (Wildman–Crippen MR) is 96.0 cm³/mol. The van der Waals surface area contributed by atoms with Crippen molar-refractivity contribution in [3.8, 4) is 11.4 Å². The number of imidazole rings is 1. The quantitative estimate of drug-likeness (QED) is 0.659. The number of piperidine rings is 1. The van der Waals surface area contributed by atoms with Gasteiger partial charge in [-0.2, -0.15) is 20.6 Å². The van der Waals surface area contributed by atoms with Crippen molar-refractivity contribution in [2.24, 2.45) is 13.0 Å². The normalized spacial score (nSPS) is 19.0. The van der Waals surface area contributed by atoms with Crippen molar-refractivity contribution in [3.63, 3.8) is 0 Å². The Kier molecular flexibility index (Phi) is 4.63. The van der Waals surface area contributed by atoms with E-state index in [2.05, 4.69) is 15.1 Å². The molecule has 1 aliphatic rings. The van der Waals surface area contributed by atoms with Crippen LogP contribution in [0.15, 0.2) is 38.9 Å². The van der Waals surface area contributed by atoms with Crippen LogP contribution < -0.4 is 0 Å². The van der Waals surface area contributed by atoms with Crippen molar-refractivity contribution in [1.29, 1.82) is 0 Å². The van der Waals surface area contributed by atoms with Crippen molar-refractivity contribution in [2.75, 3.05) is 13.1 Å². The summed E-state index contributed by atoms with van der Waals surface area (Å²) in [5.41, 5.74) is 0.938. The molecule has 1 unspecified atom stereocenters. The van der Waals surface area contributed by atoms with Crippen molar-refractivity contribution in [3.05, 3.63) is 35.2 Å². The van der Waals surface area contributed by atoms with Crippen LogP contribution in [-0.2, 0) is 23.5 Å². The van der Waals surface area contributed by atoms with Crippen LogP contribution >= 0.6 is 11.3 Å². The van der Waals surface area contributed by atoms with E-state index in [1.165, 1.54) is 16.8 Å². The first-order chi connectivity index (χ1) is 12.5. The summed E-state index contributed by atoms with van der Waals surface area (Å²) in [7, 11) is -1.80. The highest BCUT2D eigenvalue weighted by Crippen LogP contribution is 2.26.